The van der Waals surface area contributed by atoms with Gasteiger partial charge in [-0.15, -0.1) is 11.3 Å². The monoisotopic (exact) mass is 266 g/mol. The van der Waals surface area contributed by atoms with Gasteiger partial charge in [0.25, 0.3) is 0 Å². The van der Waals surface area contributed by atoms with Gasteiger partial charge in [0.05, 0.1) is 6.54 Å². The van der Waals surface area contributed by atoms with Crippen molar-refractivity contribution in [3.05, 3.63) is 22.4 Å². The molecule has 1 aromatic rings. The third-order valence-electron chi connectivity index (χ3n) is 3.44. The summed E-state index contributed by atoms with van der Waals surface area (Å²) in [4.78, 5) is 15.4. The van der Waals surface area contributed by atoms with Gasteiger partial charge in [-0.3, -0.25) is 4.79 Å². The lowest BCUT2D eigenvalue weighted by Crippen LogP contribution is -2.40. The summed E-state index contributed by atoms with van der Waals surface area (Å²) in [5, 5.41) is 5.48. The van der Waals surface area contributed by atoms with Gasteiger partial charge in [-0.2, -0.15) is 0 Å². The summed E-state index contributed by atoms with van der Waals surface area (Å²) in [5.74, 6) is 0.245. The van der Waals surface area contributed by atoms with Gasteiger partial charge in [-0.25, -0.2) is 0 Å². The summed E-state index contributed by atoms with van der Waals surface area (Å²) < 4.78 is 0. The molecular weight excluding hydrogens is 244 g/mol. The van der Waals surface area contributed by atoms with E-state index < -0.39 is 0 Å². The molecule has 4 heteroatoms. The lowest BCUT2D eigenvalue weighted by Gasteiger charge is -2.22. The van der Waals surface area contributed by atoms with Gasteiger partial charge >= 0.3 is 0 Å². The third kappa shape index (κ3) is 3.33. The highest BCUT2D eigenvalue weighted by Crippen LogP contribution is 2.26. The van der Waals surface area contributed by atoms with Crippen LogP contribution in [0.4, 0.5) is 0 Å². The van der Waals surface area contributed by atoms with Gasteiger partial charge in [-0.1, -0.05) is 13.0 Å². The predicted molar refractivity (Wildman–Crippen MR) is 75.8 cm³/mol. The van der Waals surface area contributed by atoms with E-state index in [4.69, 9.17) is 0 Å². The number of carbonyl (C=O) groups is 1. The van der Waals surface area contributed by atoms with Crippen molar-refractivity contribution < 1.29 is 4.79 Å². The summed E-state index contributed by atoms with van der Waals surface area (Å²) in [7, 11) is 0. The van der Waals surface area contributed by atoms with Gasteiger partial charge < -0.3 is 10.2 Å². The van der Waals surface area contributed by atoms with Crippen LogP contribution in [0.1, 0.15) is 44.0 Å². The van der Waals surface area contributed by atoms with Crippen LogP contribution in [0, 0.1) is 0 Å². The summed E-state index contributed by atoms with van der Waals surface area (Å²) in [6.45, 7) is 5.51. The number of likely N-dealkylation sites (N-methyl/N-ethyl adjacent to an activating group) is 1. The molecule has 1 atom stereocenters. The molecule has 1 saturated carbocycles. The number of hydrogen-bond donors (Lipinski definition) is 1. The first-order chi connectivity index (χ1) is 8.76. The molecule has 18 heavy (non-hydrogen) atoms. The quantitative estimate of drug-likeness (QED) is 0.823. The summed E-state index contributed by atoms with van der Waals surface area (Å²) in [5.41, 5.74) is 0. The molecule has 1 unspecified atom stereocenters. The van der Waals surface area contributed by atoms with Crippen LogP contribution < -0.4 is 5.32 Å². The molecule has 1 fully saturated rings. The Balaban J connectivity index is 1.84. The van der Waals surface area contributed by atoms with Crippen LogP contribution in [0.3, 0.4) is 0 Å². The van der Waals surface area contributed by atoms with Gasteiger partial charge in [-0.05, 0) is 37.6 Å². The second kappa shape index (κ2) is 6.34. The van der Waals surface area contributed by atoms with Crippen LogP contribution in [0.25, 0.3) is 0 Å². The van der Waals surface area contributed by atoms with E-state index in [1.165, 1.54) is 17.7 Å². The fourth-order valence-corrected chi connectivity index (χ4v) is 3.16. The van der Waals surface area contributed by atoms with Crippen LogP contribution in [0.5, 0.6) is 0 Å². The van der Waals surface area contributed by atoms with E-state index in [1.54, 1.807) is 11.3 Å². The first-order valence-corrected chi connectivity index (χ1v) is 7.70. The largest absolute Gasteiger partial charge is 0.339 e. The van der Waals surface area contributed by atoms with Crippen molar-refractivity contribution in [2.75, 3.05) is 13.1 Å². The van der Waals surface area contributed by atoms with Gasteiger partial charge in [0.2, 0.25) is 5.91 Å². The number of hydrogen-bond acceptors (Lipinski definition) is 3. The number of nitrogens with zero attached hydrogens (tertiary/aromatic N) is 1. The highest BCUT2D eigenvalue weighted by Gasteiger charge is 2.31. The smallest absolute Gasteiger partial charge is 0.236 e. The van der Waals surface area contributed by atoms with E-state index in [0.717, 1.165) is 13.0 Å². The van der Waals surface area contributed by atoms with Crippen molar-refractivity contribution >= 4 is 17.2 Å². The maximum absolute atomic E-state index is 12.1. The van der Waals surface area contributed by atoms with Crippen LogP contribution in [-0.4, -0.2) is 29.9 Å². The molecule has 1 N–H and O–H groups in total. The number of rotatable bonds is 7. The van der Waals surface area contributed by atoms with Crippen LogP contribution in [-0.2, 0) is 4.79 Å². The van der Waals surface area contributed by atoms with Crippen LogP contribution in [0.2, 0.25) is 0 Å². The minimum absolute atomic E-state index is 0.245. The Morgan fingerprint density at radius 3 is 2.83 bits per heavy atom. The normalized spacial score (nSPS) is 16.6. The Kier molecular flexibility index (Phi) is 4.78. The Morgan fingerprint density at radius 2 is 2.33 bits per heavy atom. The van der Waals surface area contributed by atoms with Gasteiger partial charge in [0.1, 0.15) is 0 Å². The van der Waals surface area contributed by atoms with Crippen LogP contribution in [0.15, 0.2) is 17.5 Å². The molecule has 0 saturated heterocycles. The zero-order valence-electron chi connectivity index (χ0n) is 11.2. The fourth-order valence-electron chi connectivity index (χ4n) is 2.27. The molecule has 0 bridgehead atoms. The first-order valence-electron chi connectivity index (χ1n) is 6.82. The van der Waals surface area contributed by atoms with Crippen molar-refractivity contribution in [2.24, 2.45) is 0 Å². The van der Waals surface area contributed by atoms with Crippen molar-refractivity contribution in [3.8, 4) is 0 Å². The highest BCUT2D eigenvalue weighted by atomic mass is 32.1. The lowest BCUT2D eigenvalue weighted by molar-refractivity contribution is -0.130. The zero-order chi connectivity index (χ0) is 13.0. The molecule has 1 aliphatic carbocycles. The van der Waals surface area contributed by atoms with Crippen molar-refractivity contribution in [2.45, 2.75) is 45.2 Å². The average Bonchev–Trinajstić information content (AvgIpc) is 3.06. The molecule has 1 heterocycles. The number of carbonyl (C=O) groups excluding carboxylic acids is 1. The molecule has 1 aromatic heterocycles. The van der Waals surface area contributed by atoms with E-state index in [2.05, 4.69) is 36.7 Å². The Morgan fingerprint density at radius 1 is 1.56 bits per heavy atom. The maximum Gasteiger partial charge on any atom is 0.236 e. The standard InChI is InChI=1S/C14H22N2OS/c1-3-12(13-6-5-9-18-13)15-10-14(17)16(4-2)11-7-8-11/h5-6,9,11-12,15H,3-4,7-8,10H2,1-2H3. The minimum Gasteiger partial charge on any atom is -0.339 e. The predicted octanol–water partition coefficient (Wildman–Crippen LogP) is 2.80. The third-order valence-corrected chi connectivity index (χ3v) is 4.43. The van der Waals surface area contributed by atoms with E-state index in [1.807, 2.05) is 4.90 Å². The minimum atomic E-state index is 0.245. The zero-order valence-corrected chi connectivity index (χ0v) is 12.0. The molecule has 1 amide bonds. The Labute approximate surface area is 113 Å². The lowest BCUT2D eigenvalue weighted by atomic mass is 10.2. The van der Waals surface area contributed by atoms with E-state index in [0.29, 0.717) is 18.6 Å². The maximum atomic E-state index is 12.1. The van der Waals surface area contributed by atoms with Crippen LogP contribution >= 0.6 is 11.3 Å². The first kappa shape index (κ1) is 13.6. The molecule has 0 aliphatic heterocycles. The summed E-state index contributed by atoms with van der Waals surface area (Å²) >= 11 is 1.75. The number of thiophene rings is 1. The number of amides is 1. The summed E-state index contributed by atoms with van der Waals surface area (Å²) in [6.07, 6.45) is 3.38. The Hall–Kier alpha value is -0.870. The second-order valence-corrected chi connectivity index (χ2v) is 5.75. The van der Waals surface area contributed by atoms with E-state index in [-0.39, 0.29) is 5.91 Å². The average molecular weight is 266 g/mol. The molecule has 0 aromatic carbocycles. The Bertz CT molecular complexity index is 373. The summed E-state index contributed by atoms with van der Waals surface area (Å²) in [6, 6.07) is 5.03. The van der Waals surface area contributed by atoms with Gasteiger partial charge in [0.15, 0.2) is 0 Å². The van der Waals surface area contributed by atoms with Crippen molar-refractivity contribution in [1.29, 1.82) is 0 Å². The SMILES string of the molecule is CCC(NCC(=O)N(CC)C1CC1)c1cccs1. The molecule has 2 rings (SSSR count). The molecule has 3 nitrogen and oxygen atoms in total. The van der Waals surface area contributed by atoms with Crippen molar-refractivity contribution in [1.82, 2.24) is 10.2 Å². The highest BCUT2D eigenvalue weighted by molar-refractivity contribution is 7.10. The molecule has 0 radical (unpaired) electrons. The number of nitrogens with one attached hydrogen (secondary N) is 1. The molecule has 1 aliphatic rings. The fraction of sp³-hybridized carbons (Fsp3) is 0.643. The molecule has 100 valence electrons. The van der Waals surface area contributed by atoms with E-state index >= 15 is 0 Å². The van der Waals surface area contributed by atoms with E-state index in [9.17, 15) is 4.79 Å². The topological polar surface area (TPSA) is 32.3 Å². The molecular formula is C14H22N2OS. The second-order valence-electron chi connectivity index (χ2n) is 4.77. The van der Waals surface area contributed by atoms with Gasteiger partial charge in [0, 0.05) is 23.5 Å². The molecule has 0 spiro atoms. The van der Waals surface area contributed by atoms with Crippen molar-refractivity contribution in [3.63, 3.8) is 0 Å².